The van der Waals surface area contributed by atoms with E-state index in [4.69, 9.17) is 28.6 Å². The smallest absolute Gasteiger partial charge is 0.269 e. The number of thioether (sulfide) groups is 1. The second kappa shape index (κ2) is 8.81. The predicted molar refractivity (Wildman–Crippen MR) is 135 cm³/mol. The van der Waals surface area contributed by atoms with Crippen LogP contribution < -0.4 is 10.3 Å². The topological polar surface area (TPSA) is 98.0 Å². The van der Waals surface area contributed by atoms with Crippen molar-refractivity contribution in [1.82, 2.24) is 14.3 Å². The van der Waals surface area contributed by atoms with E-state index in [-0.39, 0.29) is 32.2 Å². The number of aromatic nitrogens is 2. The van der Waals surface area contributed by atoms with Gasteiger partial charge in [0.05, 0.1) is 22.5 Å². The number of carbonyl (C=O) groups excluding carboxylic acids is 1. The van der Waals surface area contributed by atoms with Crippen molar-refractivity contribution >= 4 is 67.4 Å². The van der Waals surface area contributed by atoms with Gasteiger partial charge >= 0.3 is 0 Å². The van der Waals surface area contributed by atoms with Crippen molar-refractivity contribution < 1.29 is 17.9 Å². The third kappa shape index (κ3) is 4.36. The number of benzene rings is 1. The number of amides is 1. The molecule has 0 N–H and O–H groups in total. The van der Waals surface area contributed by atoms with Gasteiger partial charge in [-0.15, -0.1) is 0 Å². The van der Waals surface area contributed by atoms with Gasteiger partial charge in [-0.2, -0.15) is 4.98 Å². The lowest BCUT2D eigenvalue weighted by Crippen LogP contribution is -2.39. The van der Waals surface area contributed by atoms with Crippen molar-refractivity contribution in [3.05, 3.63) is 74.5 Å². The molecule has 1 aromatic carbocycles. The summed E-state index contributed by atoms with van der Waals surface area (Å²) >= 11 is 12.3. The van der Waals surface area contributed by atoms with E-state index in [9.17, 15) is 18.0 Å². The first-order valence-corrected chi connectivity index (χ1v) is 13.6. The van der Waals surface area contributed by atoms with Crippen LogP contribution in [0.25, 0.3) is 11.7 Å². The maximum Gasteiger partial charge on any atom is 0.269 e. The molecule has 0 aliphatic carbocycles. The molecule has 2 saturated heterocycles. The highest BCUT2D eigenvalue weighted by Gasteiger charge is 2.42. The standard InChI is InChI=1S/C22H16ClN3O5S3/c23-13-4-6-15(7-5-13)31-19-16(20(27)25-9-2-1-3-18(25)24-19)11-17-21(28)26(22(32)33-17)14-8-10-34(29,30)12-14/h1-7,9,11,14H,8,10,12H2/b17-11-/t14-/m1/s1. The van der Waals surface area contributed by atoms with Crippen LogP contribution in [0.4, 0.5) is 0 Å². The van der Waals surface area contributed by atoms with Gasteiger partial charge in [0.1, 0.15) is 21.3 Å². The summed E-state index contributed by atoms with van der Waals surface area (Å²) in [6.45, 7) is 0. The fourth-order valence-corrected chi connectivity index (χ4v) is 7.01. The fraction of sp³-hybridized carbons (Fsp3) is 0.182. The number of rotatable bonds is 4. The molecule has 1 amide bonds. The molecule has 2 aromatic heterocycles. The van der Waals surface area contributed by atoms with Crippen LogP contribution in [0.5, 0.6) is 11.6 Å². The molecule has 2 aliphatic heterocycles. The van der Waals surface area contributed by atoms with E-state index in [0.29, 0.717) is 22.8 Å². The second-order valence-electron chi connectivity index (χ2n) is 7.73. The lowest BCUT2D eigenvalue weighted by atomic mass is 10.2. The van der Waals surface area contributed by atoms with Crippen LogP contribution in [0, 0.1) is 0 Å². The molecule has 0 spiro atoms. The number of nitrogens with zero attached hydrogens (tertiary/aromatic N) is 3. The average molecular weight is 534 g/mol. The summed E-state index contributed by atoms with van der Waals surface area (Å²) in [7, 11) is -3.21. The van der Waals surface area contributed by atoms with Gasteiger partial charge in [-0.1, -0.05) is 41.6 Å². The molecular formula is C22H16ClN3O5S3. The number of hydrogen-bond donors (Lipinski definition) is 0. The second-order valence-corrected chi connectivity index (χ2v) is 12.1. The first kappa shape index (κ1) is 23.0. The maximum atomic E-state index is 13.3. The van der Waals surface area contributed by atoms with E-state index in [2.05, 4.69) is 4.98 Å². The van der Waals surface area contributed by atoms with Gasteiger partial charge in [-0.25, -0.2) is 8.42 Å². The van der Waals surface area contributed by atoms with E-state index < -0.39 is 27.3 Å². The summed E-state index contributed by atoms with van der Waals surface area (Å²) in [4.78, 5) is 32.5. The summed E-state index contributed by atoms with van der Waals surface area (Å²) in [5.74, 6) is -0.116. The van der Waals surface area contributed by atoms with Crippen LogP contribution in [-0.4, -0.2) is 50.5 Å². The Morgan fingerprint density at radius 3 is 2.65 bits per heavy atom. The van der Waals surface area contributed by atoms with E-state index >= 15 is 0 Å². The third-order valence-electron chi connectivity index (χ3n) is 5.43. The largest absolute Gasteiger partial charge is 0.438 e. The number of hydrogen-bond acceptors (Lipinski definition) is 8. The minimum absolute atomic E-state index is 0.0167. The van der Waals surface area contributed by atoms with Crippen molar-refractivity contribution in [2.24, 2.45) is 0 Å². The molecule has 0 radical (unpaired) electrons. The van der Waals surface area contributed by atoms with Crippen LogP contribution >= 0.6 is 35.6 Å². The minimum Gasteiger partial charge on any atom is -0.438 e. The Balaban J connectivity index is 1.58. The summed E-state index contributed by atoms with van der Waals surface area (Å²) < 4.78 is 31.3. The fourth-order valence-electron chi connectivity index (χ4n) is 3.80. The Morgan fingerprint density at radius 2 is 1.94 bits per heavy atom. The number of halogens is 1. The van der Waals surface area contributed by atoms with Crippen molar-refractivity contribution in [1.29, 1.82) is 0 Å². The number of sulfone groups is 1. The van der Waals surface area contributed by atoms with Crippen molar-refractivity contribution in [2.75, 3.05) is 11.5 Å². The molecule has 34 heavy (non-hydrogen) atoms. The van der Waals surface area contributed by atoms with Crippen LogP contribution in [-0.2, 0) is 14.6 Å². The molecule has 174 valence electrons. The zero-order valence-electron chi connectivity index (χ0n) is 17.4. The van der Waals surface area contributed by atoms with Crippen LogP contribution in [0.1, 0.15) is 12.0 Å². The zero-order valence-corrected chi connectivity index (χ0v) is 20.6. The Morgan fingerprint density at radius 1 is 1.18 bits per heavy atom. The molecule has 12 heteroatoms. The maximum absolute atomic E-state index is 13.3. The molecule has 2 aliphatic rings. The van der Waals surface area contributed by atoms with Crippen molar-refractivity contribution in [3.63, 3.8) is 0 Å². The predicted octanol–water partition coefficient (Wildman–Crippen LogP) is 3.53. The van der Waals surface area contributed by atoms with E-state index in [0.717, 1.165) is 11.8 Å². The van der Waals surface area contributed by atoms with E-state index in [1.807, 2.05) is 0 Å². The lowest BCUT2D eigenvalue weighted by molar-refractivity contribution is -0.123. The molecule has 0 bridgehead atoms. The van der Waals surface area contributed by atoms with Gasteiger partial charge in [0, 0.05) is 11.2 Å². The van der Waals surface area contributed by atoms with Gasteiger partial charge in [-0.3, -0.25) is 18.9 Å². The first-order valence-electron chi connectivity index (χ1n) is 10.1. The summed E-state index contributed by atoms with van der Waals surface area (Å²) in [6.07, 6.45) is 3.30. The number of fused-ring (bicyclic) bond motifs is 1. The molecule has 3 aromatic rings. The Hall–Kier alpha value is -2.73. The first-order chi connectivity index (χ1) is 16.2. The molecule has 0 saturated carbocycles. The van der Waals surface area contributed by atoms with Crippen LogP contribution in [0.3, 0.4) is 0 Å². The SMILES string of the molecule is O=C1/C(=C/c2c(Oc3ccc(Cl)cc3)nc3ccccn3c2=O)SC(=S)N1[C@@H]1CCS(=O)(=O)C1. The molecular weight excluding hydrogens is 518 g/mol. The normalized spacial score (nSPS) is 21.0. The van der Waals surface area contributed by atoms with Gasteiger partial charge in [0.2, 0.25) is 5.88 Å². The van der Waals surface area contributed by atoms with Gasteiger partial charge < -0.3 is 4.74 Å². The Labute approximate surface area is 209 Å². The Bertz CT molecular complexity index is 1530. The van der Waals surface area contributed by atoms with E-state index in [1.165, 1.54) is 15.4 Å². The summed E-state index contributed by atoms with van der Waals surface area (Å²) in [6, 6.07) is 11.2. The molecule has 2 fully saturated rings. The monoisotopic (exact) mass is 533 g/mol. The van der Waals surface area contributed by atoms with Crippen molar-refractivity contribution in [2.45, 2.75) is 12.5 Å². The average Bonchev–Trinajstić information content (AvgIpc) is 3.29. The highest BCUT2D eigenvalue weighted by Crippen LogP contribution is 2.37. The van der Waals surface area contributed by atoms with E-state index in [1.54, 1.807) is 48.7 Å². The quantitative estimate of drug-likeness (QED) is 0.371. The Kier molecular flexibility index (Phi) is 5.96. The van der Waals surface area contributed by atoms with Gasteiger partial charge in [-0.05, 0) is 48.9 Å². The number of ether oxygens (including phenoxy) is 1. The van der Waals surface area contributed by atoms with Gasteiger partial charge in [0.15, 0.2) is 9.84 Å². The lowest BCUT2D eigenvalue weighted by Gasteiger charge is -2.20. The summed E-state index contributed by atoms with van der Waals surface area (Å²) in [5, 5.41) is 0.525. The molecule has 4 heterocycles. The molecule has 5 rings (SSSR count). The minimum atomic E-state index is -3.21. The highest BCUT2D eigenvalue weighted by molar-refractivity contribution is 8.26. The molecule has 0 unspecified atom stereocenters. The summed E-state index contributed by atoms with van der Waals surface area (Å²) in [5.41, 5.74) is 0.0128. The van der Waals surface area contributed by atoms with Gasteiger partial charge in [0.25, 0.3) is 11.5 Å². The number of carbonyl (C=O) groups is 1. The zero-order chi connectivity index (χ0) is 24.0. The number of pyridine rings is 1. The van der Waals surface area contributed by atoms with Crippen molar-refractivity contribution in [3.8, 4) is 11.6 Å². The number of thiocarbonyl (C=S) groups is 1. The highest BCUT2D eigenvalue weighted by atomic mass is 35.5. The van der Waals surface area contributed by atoms with Crippen LogP contribution in [0.2, 0.25) is 5.02 Å². The molecule has 8 nitrogen and oxygen atoms in total. The molecule has 1 atom stereocenters. The third-order valence-corrected chi connectivity index (χ3v) is 8.77. The van der Waals surface area contributed by atoms with Crippen LogP contribution in [0.15, 0.2) is 58.4 Å².